The van der Waals surface area contributed by atoms with E-state index in [1.807, 2.05) is 0 Å². The zero-order valence-electron chi connectivity index (χ0n) is 31.7. The van der Waals surface area contributed by atoms with Crippen LogP contribution in [0.2, 0.25) is 0 Å². The number of unbranched alkanes of at least 4 members (excludes halogenated alkanes) is 28. The van der Waals surface area contributed by atoms with Crippen molar-refractivity contribution >= 4 is 5.91 Å². The average Bonchev–Trinajstić information content (AvgIpc) is 3.07. The molecule has 3 atom stereocenters. The van der Waals surface area contributed by atoms with Crippen LogP contribution in [-0.2, 0) is 4.79 Å². The molecule has 5 nitrogen and oxygen atoms in total. The molecule has 5 heteroatoms. The normalized spacial score (nSPS) is 13.7. The summed E-state index contributed by atoms with van der Waals surface area (Å²) in [6, 6.07) is -0.820. The molecule has 0 aromatic heterocycles. The number of aliphatic hydroxyl groups excluding tert-OH is 3. The van der Waals surface area contributed by atoms with Gasteiger partial charge >= 0.3 is 0 Å². The summed E-state index contributed by atoms with van der Waals surface area (Å²) >= 11 is 0. The number of carbonyl (C=O) groups excluding carboxylic acids is 1. The third kappa shape index (κ3) is 33.4. The first-order chi connectivity index (χ1) is 23.1. The Morgan fingerprint density at radius 3 is 1.23 bits per heavy atom. The van der Waals surface area contributed by atoms with E-state index >= 15 is 0 Å². The predicted molar refractivity (Wildman–Crippen MR) is 204 cm³/mol. The molecular formula is C42H83NO4. The zero-order valence-corrected chi connectivity index (χ0v) is 31.7. The van der Waals surface area contributed by atoms with E-state index in [1.54, 1.807) is 0 Å². The van der Waals surface area contributed by atoms with Gasteiger partial charge in [0.05, 0.1) is 18.8 Å². The molecule has 0 spiro atoms. The summed E-state index contributed by atoms with van der Waals surface area (Å²) in [4.78, 5) is 12.4. The van der Waals surface area contributed by atoms with Gasteiger partial charge in [-0.1, -0.05) is 193 Å². The van der Waals surface area contributed by atoms with Crippen molar-refractivity contribution in [2.24, 2.45) is 0 Å². The Hall–Kier alpha value is -0.910. The van der Waals surface area contributed by atoms with Crippen molar-refractivity contribution in [3.05, 3.63) is 12.2 Å². The number of hydrogen-bond donors (Lipinski definition) is 4. The van der Waals surface area contributed by atoms with Crippen LogP contribution in [0.5, 0.6) is 0 Å². The largest absolute Gasteiger partial charge is 0.394 e. The van der Waals surface area contributed by atoms with Gasteiger partial charge < -0.3 is 20.6 Å². The molecular weight excluding hydrogens is 582 g/mol. The highest BCUT2D eigenvalue weighted by molar-refractivity contribution is 5.76. The summed E-state index contributed by atoms with van der Waals surface area (Å²) in [7, 11) is 0. The molecule has 0 saturated carbocycles. The lowest BCUT2D eigenvalue weighted by molar-refractivity contribution is -0.124. The Kier molecular flexibility index (Phi) is 37.2. The number of aliphatic hydroxyl groups is 3. The zero-order chi connectivity index (χ0) is 34.5. The third-order valence-corrected chi connectivity index (χ3v) is 9.87. The Morgan fingerprint density at radius 2 is 0.851 bits per heavy atom. The number of rotatable bonds is 38. The van der Waals surface area contributed by atoms with E-state index in [-0.39, 0.29) is 12.5 Å². The highest BCUT2D eigenvalue weighted by Crippen LogP contribution is 2.16. The van der Waals surface area contributed by atoms with E-state index in [2.05, 4.69) is 31.3 Å². The van der Waals surface area contributed by atoms with Gasteiger partial charge in [0.1, 0.15) is 6.10 Å². The van der Waals surface area contributed by atoms with Crippen molar-refractivity contribution in [2.75, 3.05) is 6.61 Å². The van der Waals surface area contributed by atoms with Crippen LogP contribution in [0.25, 0.3) is 0 Å². The van der Waals surface area contributed by atoms with E-state index < -0.39 is 18.2 Å². The molecule has 4 N–H and O–H groups in total. The summed E-state index contributed by atoms with van der Waals surface area (Å²) in [6.07, 6.45) is 43.1. The topological polar surface area (TPSA) is 89.8 Å². The van der Waals surface area contributed by atoms with Gasteiger partial charge in [0.25, 0.3) is 0 Å². The lowest BCUT2D eigenvalue weighted by Gasteiger charge is -2.26. The summed E-state index contributed by atoms with van der Waals surface area (Å²) in [5.74, 6) is -0.152. The minimum atomic E-state index is -1.15. The SMILES string of the molecule is CCCCCCCCCCCCCCC/C=C/CCCC(O)C(O)C(CO)NC(=O)CCCCCCCCCCCCCCCCC. The second-order valence-electron chi connectivity index (χ2n) is 14.5. The summed E-state index contributed by atoms with van der Waals surface area (Å²) in [5, 5.41) is 33.5. The molecule has 0 aromatic carbocycles. The monoisotopic (exact) mass is 666 g/mol. The van der Waals surface area contributed by atoms with Crippen LogP contribution < -0.4 is 5.32 Å². The molecule has 0 bridgehead atoms. The second kappa shape index (κ2) is 37.9. The van der Waals surface area contributed by atoms with Crippen molar-refractivity contribution in [1.29, 1.82) is 0 Å². The molecule has 47 heavy (non-hydrogen) atoms. The van der Waals surface area contributed by atoms with Crippen LogP contribution in [0.3, 0.4) is 0 Å². The minimum Gasteiger partial charge on any atom is -0.394 e. The van der Waals surface area contributed by atoms with Gasteiger partial charge in [0.15, 0.2) is 0 Å². The molecule has 0 radical (unpaired) electrons. The highest BCUT2D eigenvalue weighted by atomic mass is 16.3. The Balaban J connectivity index is 3.66. The van der Waals surface area contributed by atoms with Crippen LogP contribution >= 0.6 is 0 Å². The average molecular weight is 666 g/mol. The molecule has 0 saturated heterocycles. The quantitative estimate of drug-likeness (QED) is 0.0390. The molecule has 0 heterocycles. The highest BCUT2D eigenvalue weighted by Gasteiger charge is 2.26. The summed E-state index contributed by atoms with van der Waals surface area (Å²) < 4.78 is 0. The van der Waals surface area contributed by atoms with Gasteiger partial charge in [0, 0.05) is 6.42 Å². The molecule has 0 rings (SSSR count). The number of hydrogen-bond acceptors (Lipinski definition) is 4. The van der Waals surface area contributed by atoms with Crippen molar-refractivity contribution in [3.63, 3.8) is 0 Å². The lowest BCUT2D eigenvalue weighted by atomic mass is 10.0. The van der Waals surface area contributed by atoms with E-state index in [4.69, 9.17) is 0 Å². The van der Waals surface area contributed by atoms with E-state index in [1.165, 1.54) is 161 Å². The summed E-state index contributed by atoms with van der Waals surface area (Å²) in [6.45, 7) is 4.17. The molecule has 0 fully saturated rings. The fourth-order valence-corrected chi connectivity index (χ4v) is 6.57. The lowest BCUT2D eigenvalue weighted by Crippen LogP contribution is -2.50. The van der Waals surface area contributed by atoms with Gasteiger partial charge in [-0.3, -0.25) is 4.79 Å². The van der Waals surface area contributed by atoms with Gasteiger partial charge in [-0.2, -0.15) is 0 Å². The maximum absolute atomic E-state index is 12.4. The van der Waals surface area contributed by atoms with Crippen LogP contribution in [-0.4, -0.2) is 46.1 Å². The van der Waals surface area contributed by atoms with Crippen molar-refractivity contribution in [1.82, 2.24) is 5.32 Å². The molecule has 0 aliphatic rings. The molecule has 0 aliphatic carbocycles. The smallest absolute Gasteiger partial charge is 0.220 e. The third-order valence-electron chi connectivity index (χ3n) is 9.87. The maximum atomic E-state index is 12.4. The number of carbonyl (C=O) groups is 1. The molecule has 0 aromatic rings. The number of nitrogens with one attached hydrogen (secondary N) is 1. The fraction of sp³-hybridized carbons (Fsp3) is 0.929. The number of allylic oxidation sites excluding steroid dienone is 2. The minimum absolute atomic E-state index is 0.152. The molecule has 0 aliphatic heterocycles. The van der Waals surface area contributed by atoms with Gasteiger partial charge in [-0.05, 0) is 38.5 Å². The van der Waals surface area contributed by atoms with Crippen LogP contribution in [0, 0.1) is 0 Å². The Morgan fingerprint density at radius 1 is 0.511 bits per heavy atom. The standard InChI is InChI=1S/C42H83NO4/c1-3-5-7-9-11-13-15-17-19-20-21-23-24-26-28-30-32-34-36-40(45)42(47)39(38-44)43-41(46)37-35-33-31-29-27-25-22-18-16-14-12-10-8-6-4-2/h28,30,39-40,42,44-45,47H,3-27,29,31-38H2,1-2H3,(H,43,46)/b30-28+. The van der Waals surface area contributed by atoms with E-state index in [0.29, 0.717) is 12.8 Å². The van der Waals surface area contributed by atoms with Gasteiger partial charge in [-0.15, -0.1) is 0 Å². The summed E-state index contributed by atoms with van der Waals surface area (Å²) in [5.41, 5.74) is 0. The van der Waals surface area contributed by atoms with Crippen molar-refractivity contribution < 1.29 is 20.1 Å². The predicted octanol–water partition coefficient (Wildman–Crippen LogP) is 11.7. The van der Waals surface area contributed by atoms with Crippen LogP contribution in [0.1, 0.15) is 226 Å². The van der Waals surface area contributed by atoms with Gasteiger partial charge in [-0.25, -0.2) is 0 Å². The van der Waals surface area contributed by atoms with Crippen LogP contribution in [0.4, 0.5) is 0 Å². The fourth-order valence-electron chi connectivity index (χ4n) is 6.57. The van der Waals surface area contributed by atoms with Gasteiger partial charge in [0.2, 0.25) is 5.91 Å². The maximum Gasteiger partial charge on any atom is 0.220 e. The van der Waals surface area contributed by atoms with Crippen molar-refractivity contribution in [2.45, 2.75) is 244 Å². The molecule has 3 unspecified atom stereocenters. The van der Waals surface area contributed by atoms with E-state index in [0.717, 1.165) is 38.5 Å². The van der Waals surface area contributed by atoms with E-state index in [9.17, 15) is 20.1 Å². The first-order valence-electron chi connectivity index (χ1n) is 21.0. The first kappa shape index (κ1) is 46.1. The second-order valence-corrected chi connectivity index (χ2v) is 14.5. The first-order valence-corrected chi connectivity index (χ1v) is 21.0. The van der Waals surface area contributed by atoms with Crippen LogP contribution in [0.15, 0.2) is 12.2 Å². The Bertz CT molecular complexity index is 655. The Labute approximate surface area is 293 Å². The molecule has 1 amide bonds. The molecule has 280 valence electrons. The van der Waals surface area contributed by atoms with Crippen molar-refractivity contribution in [3.8, 4) is 0 Å². The number of amides is 1.